The topological polar surface area (TPSA) is 52.9 Å². The van der Waals surface area contributed by atoms with Crippen molar-refractivity contribution in [2.75, 3.05) is 0 Å². The first kappa shape index (κ1) is 8.15. The highest BCUT2D eigenvalue weighted by Crippen LogP contribution is 2.19. The molecule has 0 aromatic heterocycles. The van der Waals surface area contributed by atoms with E-state index in [1.54, 1.807) is 0 Å². The van der Waals surface area contributed by atoms with E-state index in [-0.39, 0.29) is 17.7 Å². The zero-order valence-corrected chi connectivity index (χ0v) is 6.94. The van der Waals surface area contributed by atoms with Gasteiger partial charge in [0.25, 0.3) is 0 Å². The fourth-order valence-electron chi connectivity index (χ4n) is 1.12. The van der Waals surface area contributed by atoms with E-state index in [1.165, 1.54) is 0 Å². The first-order valence-corrected chi connectivity index (χ1v) is 3.79. The molecule has 1 saturated heterocycles. The Labute approximate surface area is 70.4 Å². The second-order valence-corrected chi connectivity index (χ2v) is 3.14. The molecule has 0 saturated carbocycles. The molecule has 1 aliphatic rings. The van der Waals surface area contributed by atoms with Crippen LogP contribution in [0.3, 0.4) is 0 Å². The summed E-state index contributed by atoms with van der Waals surface area (Å²) < 4.78 is 0. The van der Waals surface area contributed by atoms with Crippen molar-refractivity contribution in [3.8, 4) is 6.07 Å². The average molecular weight is 168 g/mol. The highest BCUT2D eigenvalue weighted by atomic mass is 32.1. The van der Waals surface area contributed by atoms with Crippen LogP contribution < -0.4 is 5.32 Å². The minimum absolute atomic E-state index is 0.0567. The van der Waals surface area contributed by atoms with Crippen LogP contribution in [0.25, 0.3) is 0 Å². The summed E-state index contributed by atoms with van der Waals surface area (Å²) in [6.07, 6.45) is 0.401. The molecule has 3 nitrogen and oxygen atoms in total. The van der Waals surface area contributed by atoms with Gasteiger partial charge >= 0.3 is 0 Å². The lowest BCUT2D eigenvalue weighted by atomic mass is 9.89. The van der Waals surface area contributed by atoms with Crippen molar-refractivity contribution in [3.05, 3.63) is 0 Å². The van der Waals surface area contributed by atoms with Crippen LogP contribution in [0.15, 0.2) is 0 Å². The monoisotopic (exact) mass is 168 g/mol. The van der Waals surface area contributed by atoms with Gasteiger partial charge in [0.2, 0.25) is 5.91 Å². The van der Waals surface area contributed by atoms with E-state index in [0.717, 1.165) is 0 Å². The first-order valence-electron chi connectivity index (χ1n) is 3.38. The number of nitrogens with one attached hydrogen (secondary N) is 1. The first-order chi connectivity index (χ1) is 5.15. The largest absolute Gasteiger partial charge is 0.319 e. The van der Waals surface area contributed by atoms with Gasteiger partial charge in [-0.25, -0.2) is 0 Å². The molecule has 2 atom stereocenters. The summed E-state index contributed by atoms with van der Waals surface area (Å²) in [5.74, 6) is -0.307. The molecule has 1 rings (SSSR count). The van der Waals surface area contributed by atoms with E-state index in [0.29, 0.717) is 11.4 Å². The van der Waals surface area contributed by atoms with Crippen molar-refractivity contribution in [1.29, 1.82) is 5.26 Å². The fraction of sp³-hybridized carbons (Fsp3) is 0.571. The van der Waals surface area contributed by atoms with E-state index in [1.807, 2.05) is 6.92 Å². The quantitative estimate of drug-likeness (QED) is 0.539. The molecule has 1 fully saturated rings. The van der Waals surface area contributed by atoms with E-state index in [2.05, 4.69) is 11.4 Å². The number of nitrogens with zero attached hydrogens (tertiary/aromatic N) is 1. The van der Waals surface area contributed by atoms with Crippen LogP contribution in [0.4, 0.5) is 0 Å². The summed E-state index contributed by atoms with van der Waals surface area (Å²) in [5, 5.41) is 11.1. The smallest absolute Gasteiger partial charge is 0.225 e. The maximum Gasteiger partial charge on any atom is 0.225 e. The van der Waals surface area contributed by atoms with E-state index in [9.17, 15) is 4.79 Å². The van der Waals surface area contributed by atoms with Gasteiger partial charge in [-0.1, -0.05) is 19.1 Å². The van der Waals surface area contributed by atoms with Gasteiger partial charge in [-0.2, -0.15) is 5.26 Å². The summed E-state index contributed by atoms with van der Waals surface area (Å²) in [6.45, 7) is 1.86. The SMILES string of the molecule is CC1CC(=O)NC(=S)C1C#N. The maximum absolute atomic E-state index is 10.8. The molecule has 0 bridgehead atoms. The van der Waals surface area contributed by atoms with Crippen molar-refractivity contribution in [2.45, 2.75) is 13.3 Å². The molecule has 2 unspecified atom stereocenters. The maximum atomic E-state index is 10.8. The molecule has 1 N–H and O–H groups in total. The van der Waals surface area contributed by atoms with Crippen molar-refractivity contribution in [2.24, 2.45) is 11.8 Å². The van der Waals surface area contributed by atoms with Crippen LogP contribution in [0.2, 0.25) is 0 Å². The molecule has 4 heteroatoms. The number of carbonyl (C=O) groups is 1. The lowest BCUT2D eigenvalue weighted by Crippen LogP contribution is -2.43. The van der Waals surface area contributed by atoms with Gasteiger partial charge in [-0.15, -0.1) is 0 Å². The van der Waals surface area contributed by atoms with Gasteiger partial charge in [-0.05, 0) is 5.92 Å². The summed E-state index contributed by atoms with van der Waals surface area (Å²) in [5.41, 5.74) is 0. The van der Waals surface area contributed by atoms with Gasteiger partial charge in [0.15, 0.2) is 0 Å². The zero-order valence-electron chi connectivity index (χ0n) is 6.13. The summed E-state index contributed by atoms with van der Waals surface area (Å²) in [7, 11) is 0. The second-order valence-electron chi connectivity index (χ2n) is 2.70. The normalized spacial score (nSPS) is 30.9. The lowest BCUT2D eigenvalue weighted by Gasteiger charge is -2.23. The molecule has 11 heavy (non-hydrogen) atoms. The van der Waals surface area contributed by atoms with Crippen molar-refractivity contribution < 1.29 is 4.79 Å². The number of hydrogen-bond acceptors (Lipinski definition) is 3. The van der Waals surface area contributed by atoms with Gasteiger partial charge in [0, 0.05) is 6.42 Å². The van der Waals surface area contributed by atoms with Crippen LogP contribution in [0.1, 0.15) is 13.3 Å². The Bertz CT molecular complexity index is 243. The molecule has 0 aliphatic carbocycles. The van der Waals surface area contributed by atoms with Crippen molar-refractivity contribution in [1.82, 2.24) is 5.32 Å². The zero-order chi connectivity index (χ0) is 8.43. The van der Waals surface area contributed by atoms with Gasteiger partial charge in [0.05, 0.1) is 17.0 Å². The Balaban J connectivity index is 2.76. The molecule has 0 spiro atoms. The van der Waals surface area contributed by atoms with Gasteiger partial charge in [0.1, 0.15) is 0 Å². The summed E-state index contributed by atoms with van der Waals surface area (Å²) in [4.78, 5) is 11.2. The molecule has 1 amide bonds. The standard InChI is InChI=1S/C7H8N2OS/c1-4-2-6(10)9-7(11)5(4)3-8/h4-5H,2H2,1H3,(H,9,10,11). The number of piperidine rings is 1. The number of carbonyl (C=O) groups excluding carboxylic acids is 1. The third-order valence-electron chi connectivity index (χ3n) is 1.76. The fourth-order valence-corrected chi connectivity index (χ4v) is 1.52. The molecule has 1 heterocycles. The Hall–Kier alpha value is -0.950. The predicted molar refractivity (Wildman–Crippen MR) is 43.6 cm³/mol. The van der Waals surface area contributed by atoms with E-state index in [4.69, 9.17) is 17.5 Å². The highest BCUT2D eigenvalue weighted by molar-refractivity contribution is 7.80. The Morgan fingerprint density at radius 3 is 2.91 bits per heavy atom. The van der Waals surface area contributed by atoms with Gasteiger partial charge in [-0.3, -0.25) is 4.79 Å². The van der Waals surface area contributed by atoms with Crippen molar-refractivity contribution >= 4 is 23.1 Å². The number of rotatable bonds is 0. The molecule has 1 aliphatic heterocycles. The van der Waals surface area contributed by atoms with Crippen LogP contribution in [-0.4, -0.2) is 10.9 Å². The third-order valence-corrected chi connectivity index (χ3v) is 2.12. The number of thiocarbonyl (C=S) groups is 1. The van der Waals surface area contributed by atoms with E-state index < -0.39 is 0 Å². The van der Waals surface area contributed by atoms with Crippen LogP contribution >= 0.6 is 12.2 Å². The third kappa shape index (κ3) is 1.55. The average Bonchev–Trinajstić information content (AvgIpc) is 1.85. The summed E-state index contributed by atoms with van der Waals surface area (Å²) >= 11 is 4.83. The number of hydrogen-bond donors (Lipinski definition) is 1. The molecular formula is C7H8N2OS. The van der Waals surface area contributed by atoms with Gasteiger partial charge < -0.3 is 5.32 Å². The minimum Gasteiger partial charge on any atom is -0.319 e. The van der Waals surface area contributed by atoms with Crippen LogP contribution in [-0.2, 0) is 4.79 Å². The minimum atomic E-state index is -0.289. The Morgan fingerprint density at radius 1 is 1.82 bits per heavy atom. The van der Waals surface area contributed by atoms with Crippen LogP contribution in [0, 0.1) is 23.2 Å². The van der Waals surface area contributed by atoms with E-state index >= 15 is 0 Å². The Morgan fingerprint density at radius 2 is 2.45 bits per heavy atom. The Kier molecular flexibility index (Phi) is 2.20. The van der Waals surface area contributed by atoms with Crippen LogP contribution in [0.5, 0.6) is 0 Å². The lowest BCUT2D eigenvalue weighted by molar-refractivity contribution is -0.121. The predicted octanol–water partition coefficient (Wildman–Crippen LogP) is 0.610. The molecular weight excluding hydrogens is 160 g/mol. The number of amides is 1. The highest BCUT2D eigenvalue weighted by Gasteiger charge is 2.29. The molecule has 58 valence electrons. The summed E-state index contributed by atoms with van der Waals surface area (Å²) in [6, 6.07) is 2.07. The second kappa shape index (κ2) is 2.97. The molecule has 0 aromatic carbocycles. The molecule has 0 radical (unpaired) electrons. The molecule has 0 aromatic rings. The van der Waals surface area contributed by atoms with Crippen molar-refractivity contribution in [3.63, 3.8) is 0 Å². The number of nitriles is 1.